The summed E-state index contributed by atoms with van der Waals surface area (Å²) in [5.41, 5.74) is 0. The third-order valence-corrected chi connectivity index (χ3v) is 4.55. The fourth-order valence-electron chi connectivity index (χ4n) is 3.40. The van der Waals surface area contributed by atoms with Crippen LogP contribution in [0.4, 0.5) is 0 Å². The van der Waals surface area contributed by atoms with Gasteiger partial charge < -0.3 is 5.11 Å². The van der Waals surface area contributed by atoms with Gasteiger partial charge in [-0.3, -0.25) is 0 Å². The van der Waals surface area contributed by atoms with Gasteiger partial charge in [-0.05, 0) is 42.9 Å². The molecule has 0 aromatic heterocycles. The molecule has 0 saturated heterocycles. The number of allylic oxidation sites excluding steroid dienone is 2. The molecular weight excluding hydrogens is 184 g/mol. The summed E-state index contributed by atoms with van der Waals surface area (Å²) in [7, 11) is 0. The van der Waals surface area contributed by atoms with Crippen molar-refractivity contribution in [2.45, 2.75) is 52.1 Å². The minimum atomic E-state index is -0.0464. The van der Waals surface area contributed by atoms with Gasteiger partial charge in [0.2, 0.25) is 0 Å². The molecule has 0 amide bonds. The normalized spacial score (nSPS) is 35.3. The zero-order valence-electron chi connectivity index (χ0n) is 10.0. The summed E-state index contributed by atoms with van der Waals surface area (Å²) in [6, 6.07) is 0. The van der Waals surface area contributed by atoms with Crippen LogP contribution in [0.2, 0.25) is 0 Å². The summed E-state index contributed by atoms with van der Waals surface area (Å²) in [6.07, 6.45) is 10.6. The lowest BCUT2D eigenvalue weighted by Crippen LogP contribution is -2.26. The molecule has 0 aromatic rings. The van der Waals surface area contributed by atoms with Gasteiger partial charge in [0.15, 0.2) is 0 Å². The molecule has 0 spiro atoms. The summed E-state index contributed by atoms with van der Waals surface area (Å²) in [4.78, 5) is 0. The smallest absolute Gasteiger partial charge is 0.0576 e. The number of aliphatic hydroxyl groups excluding tert-OH is 1. The van der Waals surface area contributed by atoms with Crippen molar-refractivity contribution in [3.05, 3.63) is 12.2 Å². The van der Waals surface area contributed by atoms with E-state index in [1.807, 2.05) is 0 Å². The summed E-state index contributed by atoms with van der Waals surface area (Å²) >= 11 is 0. The summed E-state index contributed by atoms with van der Waals surface area (Å²) < 4.78 is 0. The van der Waals surface area contributed by atoms with Crippen molar-refractivity contribution in [2.75, 3.05) is 0 Å². The Morgan fingerprint density at radius 1 is 1.20 bits per heavy atom. The lowest BCUT2D eigenvalue weighted by atomic mass is 9.83. The van der Waals surface area contributed by atoms with Crippen molar-refractivity contribution >= 4 is 0 Å². The first-order valence-corrected chi connectivity index (χ1v) is 6.61. The van der Waals surface area contributed by atoms with Crippen LogP contribution in [-0.2, 0) is 0 Å². The van der Waals surface area contributed by atoms with Crippen LogP contribution in [0.5, 0.6) is 0 Å². The zero-order valence-corrected chi connectivity index (χ0v) is 10.0. The molecule has 1 N–H and O–H groups in total. The number of rotatable bonds is 5. The highest BCUT2D eigenvalue weighted by atomic mass is 16.3. The lowest BCUT2D eigenvalue weighted by molar-refractivity contribution is 0.0677. The standard InChI is InChI=1S/C14H24O/c1-3-10(4-2)9-14(15)13-8-11-5-6-12(13)7-11/h5-6,10-15H,3-4,7-9H2,1-2H3/t11-,12?,13-,14?/m0/s1. The second kappa shape index (κ2) is 4.69. The molecule has 1 heteroatoms. The molecule has 0 heterocycles. The second-order valence-corrected chi connectivity index (χ2v) is 5.43. The molecule has 2 rings (SSSR count). The molecule has 1 saturated carbocycles. The Bertz CT molecular complexity index is 229. The number of fused-ring (bicyclic) bond motifs is 2. The molecule has 2 aliphatic rings. The topological polar surface area (TPSA) is 20.2 Å². The largest absolute Gasteiger partial charge is 0.393 e. The molecule has 4 atom stereocenters. The summed E-state index contributed by atoms with van der Waals surface area (Å²) in [5.74, 6) is 2.78. The molecule has 0 radical (unpaired) electrons. The summed E-state index contributed by atoms with van der Waals surface area (Å²) in [5, 5.41) is 10.3. The van der Waals surface area contributed by atoms with Crippen molar-refractivity contribution in [3.63, 3.8) is 0 Å². The molecule has 2 aliphatic carbocycles. The molecule has 86 valence electrons. The van der Waals surface area contributed by atoms with E-state index < -0.39 is 0 Å². The van der Waals surface area contributed by atoms with Crippen molar-refractivity contribution in [1.82, 2.24) is 0 Å². The third-order valence-electron chi connectivity index (χ3n) is 4.55. The zero-order chi connectivity index (χ0) is 10.8. The van der Waals surface area contributed by atoms with E-state index in [1.165, 1.54) is 25.7 Å². The Kier molecular flexibility index (Phi) is 3.50. The van der Waals surface area contributed by atoms with E-state index in [1.54, 1.807) is 0 Å². The highest BCUT2D eigenvalue weighted by Gasteiger charge is 2.39. The number of hydrogen-bond acceptors (Lipinski definition) is 1. The monoisotopic (exact) mass is 208 g/mol. The molecule has 0 aromatic carbocycles. The molecule has 1 nitrogen and oxygen atoms in total. The summed E-state index contributed by atoms with van der Waals surface area (Å²) in [6.45, 7) is 4.48. The molecular formula is C14H24O. The predicted octanol–water partition coefficient (Wildman–Crippen LogP) is 3.39. The van der Waals surface area contributed by atoms with Crippen LogP contribution in [0.1, 0.15) is 46.0 Å². The van der Waals surface area contributed by atoms with Gasteiger partial charge in [-0.15, -0.1) is 0 Å². The Hall–Kier alpha value is -0.300. The Morgan fingerprint density at radius 3 is 2.40 bits per heavy atom. The molecule has 2 bridgehead atoms. The quantitative estimate of drug-likeness (QED) is 0.687. The molecule has 15 heavy (non-hydrogen) atoms. The highest BCUT2D eigenvalue weighted by molar-refractivity contribution is 5.11. The first kappa shape index (κ1) is 11.2. The molecule has 0 aliphatic heterocycles. The second-order valence-electron chi connectivity index (χ2n) is 5.43. The minimum absolute atomic E-state index is 0.0464. The maximum absolute atomic E-state index is 10.3. The van der Waals surface area contributed by atoms with Gasteiger partial charge in [0, 0.05) is 0 Å². The number of hydrogen-bond donors (Lipinski definition) is 1. The van der Waals surface area contributed by atoms with Crippen LogP contribution < -0.4 is 0 Å². The van der Waals surface area contributed by atoms with E-state index >= 15 is 0 Å². The van der Waals surface area contributed by atoms with Crippen LogP contribution >= 0.6 is 0 Å². The molecule has 1 fully saturated rings. The molecule has 2 unspecified atom stereocenters. The van der Waals surface area contributed by atoms with E-state index in [-0.39, 0.29) is 6.10 Å². The van der Waals surface area contributed by atoms with Crippen LogP contribution in [-0.4, -0.2) is 11.2 Å². The third kappa shape index (κ3) is 2.28. The van der Waals surface area contributed by atoms with E-state index in [4.69, 9.17) is 0 Å². The average Bonchev–Trinajstić information content (AvgIpc) is 2.87. The van der Waals surface area contributed by atoms with Gasteiger partial charge >= 0.3 is 0 Å². The van der Waals surface area contributed by atoms with Gasteiger partial charge in [-0.25, -0.2) is 0 Å². The van der Waals surface area contributed by atoms with Crippen molar-refractivity contribution in [3.8, 4) is 0 Å². The first-order valence-electron chi connectivity index (χ1n) is 6.61. The van der Waals surface area contributed by atoms with Crippen molar-refractivity contribution in [1.29, 1.82) is 0 Å². The van der Waals surface area contributed by atoms with Crippen LogP contribution in [0.3, 0.4) is 0 Å². The van der Waals surface area contributed by atoms with Gasteiger partial charge in [0.25, 0.3) is 0 Å². The van der Waals surface area contributed by atoms with E-state index in [2.05, 4.69) is 26.0 Å². The van der Waals surface area contributed by atoms with Gasteiger partial charge in [-0.1, -0.05) is 38.8 Å². The van der Waals surface area contributed by atoms with E-state index in [0.717, 1.165) is 18.3 Å². The Morgan fingerprint density at radius 2 is 1.93 bits per heavy atom. The predicted molar refractivity (Wildman–Crippen MR) is 63.5 cm³/mol. The van der Waals surface area contributed by atoms with Crippen molar-refractivity contribution < 1.29 is 5.11 Å². The minimum Gasteiger partial charge on any atom is -0.393 e. The average molecular weight is 208 g/mol. The fraction of sp³-hybridized carbons (Fsp3) is 0.857. The Balaban J connectivity index is 1.86. The van der Waals surface area contributed by atoms with E-state index in [0.29, 0.717) is 11.8 Å². The van der Waals surface area contributed by atoms with Gasteiger partial charge in [-0.2, -0.15) is 0 Å². The van der Waals surface area contributed by atoms with Crippen molar-refractivity contribution in [2.24, 2.45) is 23.7 Å². The fourth-order valence-corrected chi connectivity index (χ4v) is 3.40. The van der Waals surface area contributed by atoms with Crippen LogP contribution in [0.15, 0.2) is 12.2 Å². The number of aliphatic hydroxyl groups is 1. The van der Waals surface area contributed by atoms with Gasteiger partial charge in [0.1, 0.15) is 0 Å². The first-order chi connectivity index (χ1) is 7.24. The SMILES string of the molecule is CCC(CC)CC(O)[C@H]1C[C@H]2C=CC1C2. The van der Waals surface area contributed by atoms with Gasteiger partial charge in [0.05, 0.1) is 6.10 Å². The Labute approximate surface area is 93.6 Å². The van der Waals surface area contributed by atoms with Crippen LogP contribution in [0.25, 0.3) is 0 Å². The lowest BCUT2D eigenvalue weighted by Gasteiger charge is -2.27. The highest BCUT2D eigenvalue weighted by Crippen LogP contribution is 2.46. The maximum Gasteiger partial charge on any atom is 0.0576 e. The van der Waals surface area contributed by atoms with Crippen LogP contribution in [0, 0.1) is 23.7 Å². The van der Waals surface area contributed by atoms with E-state index in [9.17, 15) is 5.11 Å². The maximum atomic E-state index is 10.3.